The molecule has 0 aliphatic heterocycles. The first-order valence-corrected chi connectivity index (χ1v) is 2.08. The monoisotopic (exact) mass is 131 g/mol. The van der Waals surface area contributed by atoms with Crippen molar-refractivity contribution in [3.8, 4) is 0 Å². The van der Waals surface area contributed by atoms with Crippen molar-refractivity contribution in [1.82, 2.24) is 0 Å². The molecule has 0 saturated carbocycles. The molecule has 0 fully saturated rings. The Morgan fingerprint density at radius 1 is 1.60 bits per heavy atom. The fourth-order valence-corrected chi connectivity index (χ4v) is 0. The van der Waals surface area contributed by atoms with Gasteiger partial charge >= 0.3 is 1.43 Å². The maximum Gasteiger partial charge on any atom is 1.00 e. The van der Waals surface area contributed by atoms with Crippen LogP contribution in [0.3, 0.4) is 0 Å². The molecule has 30 valence electrons. The molecular weight excluding hydrogens is 130 g/mol. The number of rotatable bonds is 0. The third kappa shape index (κ3) is 4.61. The third-order valence-electron chi connectivity index (χ3n) is 0.0825. The fraction of sp³-hybridized carbons (Fsp3) is 0. The van der Waals surface area contributed by atoms with Crippen LogP contribution in [0.2, 0.25) is 0 Å². The first-order valence-electron chi connectivity index (χ1n) is 0.885. The van der Waals surface area contributed by atoms with Crippen molar-refractivity contribution in [2.45, 2.75) is 0 Å². The molecule has 0 atom stereocenters. The minimum absolute atomic E-state index is 0. The molecule has 0 rings (SSSR count). The molecule has 0 aromatic heterocycles. The van der Waals surface area contributed by atoms with Gasteiger partial charge in [0.25, 0.3) is 0 Å². The van der Waals surface area contributed by atoms with Crippen LogP contribution in [0, 0.1) is 0 Å². The van der Waals surface area contributed by atoms with Crippen LogP contribution in [0.4, 0.5) is 0 Å². The molecule has 3 heteroatoms. The van der Waals surface area contributed by atoms with E-state index in [0.29, 0.717) is 0 Å². The van der Waals surface area contributed by atoms with Crippen molar-refractivity contribution in [3.63, 3.8) is 0 Å². The summed E-state index contributed by atoms with van der Waals surface area (Å²) in [4.78, 5) is 0. The molecule has 0 radical (unpaired) electrons. The van der Waals surface area contributed by atoms with E-state index < -0.39 is 0 Å². The van der Waals surface area contributed by atoms with Gasteiger partial charge in [-0.2, -0.15) is 0 Å². The van der Waals surface area contributed by atoms with Crippen LogP contribution in [-0.2, 0) is 0 Å². The molecule has 0 aromatic rings. The van der Waals surface area contributed by atoms with Crippen molar-refractivity contribution in [3.05, 3.63) is 10.0 Å². The van der Waals surface area contributed by atoms with Crippen LogP contribution in [0.15, 0.2) is 10.0 Å². The van der Waals surface area contributed by atoms with Crippen LogP contribution >= 0.6 is 34.8 Å². The van der Waals surface area contributed by atoms with Gasteiger partial charge < -0.3 is 0 Å². The maximum atomic E-state index is 4.96. The van der Waals surface area contributed by atoms with Gasteiger partial charge in [0.05, 0.1) is 0 Å². The second kappa shape index (κ2) is 2.83. The summed E-state index contributed by atoms with van der Waals surface area (Å²) in [5, 5.41) is 0. The highest BCUT2D eigenvalue weighted by molar-refractivity contribution is 6.58. The molecule has 0 aromatic carbocycles. The Bertz CT molecular complexity index is 46.8. The SMILES string of the molecule is ClC=C(Cl)Cl.[H+]. The van der Waals surface area contributed by atoms with Gasteiger partial charge in [0.2, 0.25) is 0 Å². The summed E-state index contributed by atoms with van der Waals surface area (Å²) in [6, 6.07) is 0. The average Bonchev–Trinajstić information content (AvgIpc) is 1.38. The fourth-order valence-electron chi connectivity index (χ4n) is 0. The predicted molar refractivity (Wildman–Crippen MR) is 26.8 cm³/mol. The zero-order valence-corrected chi connectivity index (χ0v) is 4.48. The van der Waals surface area contributed by atoms with E-state index in [9.17, 15) is 0 Å². The van der Waals surface area contributed by atoms with Crippen molar-refractivity contribution >= 4 is 34.8 Å². The molecule has 0 nitrogen and oxygen atoms in total. The smallest absolute Gasteiger partial charge is 0.0904 e. The highest BCUT2D eigenvalue weighted by Gasteiger charge is 1.70. The predicted octanol–water partition coefficient (Wildman–Crippen LogP) is 2.61. The van der Waals surface area contributed by atoms with Gasteiger partial charge in [0.1, 0.15) is 4.49 Å². The first-order chi connectivity index (χ1) is 2.27. The molecule has 0 bridgehead atoms. The Labute approximate surface area is 46.8 Å². The maximum absolute atomic E-state index is 4.96. The Kier molecular flexibility index (Phi) is 3.17. The van der Waals surface area contributed by atoms with Gasteiger partial charge in [-0.15, -0.1) is 0 Å². The molecule has 0 amide bonds. The highest BCUT2D eigenvalue weighted by Crippen LogP contribution is 2.05. The summed E-state index contributed by atoms with van der Waals surface area (Å²) < 4.78 is 0.0895. The second-order valence-electron chi connectivity index (χ2n) is 0.399. The summed E-state index contributed by atoms with van der Waals surface area (Å²) >= 11 is 14.8. The van der Waals surface area contributed by atoms with E-state index in [1.54, 1.807) is 0 Å². The number of hydrogen-bond acceptors (Lipinski definition) is 0. The molecule has 0 N–H and O–H groups in total. The van der Waals surface area contributed by atoms with Crippen LogP contribution in [0.1, 0.15) is 1.43 Å². The van der Waals surface area contributed by atoms with Crippen molar-refractivity contribution in [2.24, 2.45) is 0 Å². The summed E-state index contributed by atoms with van der Waals surface area (Å²) in [6.07, 6.45) is 0. The average molecular weight is 132 g/mol. The van der Waals surface area contributed by atoms with Gasteiger partial charge in [-0.25, -0.2) is 0 Å². The third-order valence-corrected chi connectivity index (χ3v) is 0.742. The van der Waals surface area contributed by atoms with Crippen molar-refractivity contribution < 1.29 is 1.43 Å². The zero-order chi connectivity index (χ0) is 4.28. The van der Waals surface area contributed by atoms with Gasteiger partial charge in [-0.3, -0.25) is 0 Å². The lowest BCUT2D eigenvalue weighted by Gasteiger charge is -1.64. The lowest BCUT2D eigenvalue weighted by molar-refractivity contribution is 2.36. The van der Waals surface area contributed by atoms with Crippen LogP contribution in [-0.4, -0.2) is 0 Å². The van der Waals surface area contributed by atoms with Gasteiger partial charge in [0, 0.05) is 5.54 Å². The number of hydrogen-bond donors (Lipinski definition) is 0. The molecule has 5 heavy (non-hydrogen) atoms. The molecule has 0 spiro atoms. The first kappa shape index (κ1) is 5.61. The van der Waals surface area contributed by atoms with E-state index in [-0.39, 0.29) is 5.92 Å². The number of halogens is 3. The van der Waals surface area contributed by atoms with Gasteiger partial charge in [0.15, 0.2) is 0 Å². The van der Waals surface area contributed by atoms with E-state index in [1.165, 1.54) is 0 Å². The Hall–Kier alpha value is 0.610. The van der Waals surface area contributed by atoms with Gasteiger partial charge in [-0.05, 0) is 0 Å². The Balaban J connectivity index is 0. The van der Waals surface area contributed by atoms with Crippen LogP contribution < -0.4 is 0 Å². The largest absolute Gasteiger partial charge is 1.00 e. The topological polar surface area (TPSA) is 0 Å². The normalized spacial score (nSPS) is 7.00. The summed E-state index contributed by atoms with van der Waals surface area (Å²) in [6.45, 7) is 0. The standard InChI is InChI=1S/C2HCl3/c3-1-2(4)5/h1H/p+1. The lowest BCUT2D eigenvalue weighted by Crippen LogP contribution is -1.33. The molecule has 0 aliphatic rings. The quantitative estimate of drug-likeness (QED) is 0.475. The molecule has 0 heterocycles. The van der Waals surface area contributed by atoms with E-state index in [2.05, 4.69) is 0 Å². The van der Waals surface area contributed by atoms with Crippen molar-refractivity contribution in [1.29, 1.82) is 0 Å². The molecular formula is C2H2Cl3+. The molecule has 0 unspecified atom stereocenters. The highest BCUT2D eigenvalue weighted by atomic mass is 35.5. The van der Waals surface area contributed by atoms with Crippen molar-refractivity contribution in [2.75, 3.05) is 0 Å². The summed E-state index contributed by atoms with van der Waals surface area (Å²) in [5.41, 5.74) is 1.09. The summed E-state index contributed by atoms with van der Waals surface area (Å²) in [5.74, 6) is 0. The van der Waals surface area contributed by atoms with Gasteiger partial charge in [-0.1, -0.05) is 34.8 Å². The van der Waals surface area contributed by atoms with E-state index in [0.717, 1.165) is 5.54 Å². The van der Waals surface area contributed by atoms with E-state index >= 15 is 0 Å². The van der Waals surface area contributed by atoms with Crippen LogP contribution in [0.25, 0.3) is 0 Å². The van der Waals surface area contributed by atoms with E-state index in [4.69, 9.17) is 34.8 Å². The Morgan fingerprint density at radius 2 is 1.80 bits per heavy atom. The zero-order valence-electron chi connectivity index (χ0n) is 3.21. The second-order valence-corrected chi connectivity index (χ2v) is 1.62. The minimum atomic E-state index is 0. The van der Waals surface area contributed by atoms with E-state index in [1.807, 2.05) is 0 Å². The summed E-state index contributed by atoms with van der Waals surface area (Å²) in [7, 11) is 0. The molecule has 0 aliphatic carbocycles. The lowest BCUT2D eigenvalue weighted by atomic mass is 11.2. The molecule has 0 saturated heterocycles. The Morgan fingerprint density at radius 3 is 1.80 bits per heavy atom. The van der Waals surface area contributed by atoms with Crippen LogP contribution in [0.5, 0.6) is 0 Å². The minimum Gasteiger partial charge on any atom is -0.0904 e.